The van der Waals surface area contributed by atoms with Crippen molar-refractivity contribution >= 4 is 66.8 Å². The first-order valence-electron chi connectivity index (χ1n) is 9.34. The van der Waals surface area contributed by atoms with Crippen molar-refractivity contribution in [3.05, 3.63) is 66.8 Å². The first-order chi connectivity index (χ1) is 14.5. The smallest absolute Gasteiger partial charge is 0.265 e. The quantitative estimate of drug-likeness (QED) is 0.441. The van der Waals surface area contributed by atoms with Gasteiger partial charge in [0.25, 0.3) is 11.5 Å². The lowest BCUT2D eigenvalue weighted by atomic mass is 10.2. The fourth-order valence-electron chi connectivity index (χ4n) is 3.63. The molecule has 0 atom stereocenters. The standard InChI is InChI=1S/C20H16Cl2N4O2S2/c21-12-1-2-14-15(9-12)30-18(17(14)22)19(28)25-5-3-24(4-6-25)11-13-10-16(27)26-7-8-29-20(26)23-13/h1-2,7-10H,3-6,11H2. The van der Waals surface area contributed by atoms with Crippen LogP contribution in [0.2, 0.25) is 10.0 Å². The van der Waals surface area contributed by atoms with Crippen molar-refractivity contribution in [3.63, 3.8) is 0 Å². The monoisotopic (exact) mass is 478 g/mol. The number of rotatable bonds is 3. The molecule has 4 aromatic rings. The van der Waals surface area contributed by atoms with E-state index in [0.717, 1.165) is 15.8 Å². The molecule has 0 radical (unpaired) electrons. The maximum Gasteiger partial charge on any atom is 0.265 e. The van der Waals surface area contributed by atoms with Crippen molar-refractivity contribution in [1.82, 2.24) is 19.2 Å². The molecule has 30 heavy (non-hydrogen) atoms. The summed E-state index contributed by atoms with van der Waals surface area (Å²) in [5.74, 6) is -0.0478. The number of hydrogen-bond donors (Lipinski definition) is 0. The first kappa shape index (κ1) is 20.0. The normalized spacial score (nSPS) is 15.3. The van der Waals surface area contributed by atoms with Crippen LogP contribution in [0.1, 0.15) is 15.4 Å². The van der Waals surface area contributed by atoms with Crippen LogP contribution in [-0.4, -0.2) is 51.3 Å². The van der Waals surface area contributed by atoms with E-state index in [2.05, 4.69) is 9.88 Å². The molecule has 0 N–H and O–H groups in total. The Kier molecular flexibility index (Phi) is 5.28. The number of piperazine rings is 1. The average Bonchev–Trinajstić information content (AvgIpc) is 3.33. The summed E-state index contributed by atoms with van der Waals surface area (Å²) < 4.78 is 2.46. The second-order valence-corrected chi connectivity index (χ2v) is 9.83. The Hall–Kier alpha value is -1.97. The van der Waals surface area contributed by atoms with Gasteiger partial charge in [-0.2, -0.15) is 0 Å². The Morgan fingerprint density at radius 2 is 1.93 bits per heavy atom. The second kappa shape index (κ2) is 7.94. The van der Waals surface area contributed by atoms with E-state index in [-0.39, 0.29) is 11.5 Å². The van der Waals surface area contributed by atoms with Gasteiger partial charge in [-0.05, 0) is 12.1 Å². The van der Waals surface area contributed by atoms with Crippen LogP contribution in [0, 0.1) is 0 Å². The van der Waals surface area contributed by atoms with Crippen LogP contribution in [0.15, 0.2) is 40.6 Å². The minimum Gasteiger partial charge on any atom is -0.335 e. The summed E-state index contributed by atoms with van der Waals surface area (Å²) in [6.45, 7) is 3.22. The molecule has 0 aliphatic carbocycles. The molecular weight excluding hydrogens is 463 g/mol. The van der Waals surface area contributed by atoms with Crippen LogP contribution in [0.3, 0.4) is 0 Å². The van der Waals surface area contributed by atoms with Gasteiger partial charge in [-0.15, -0.1) is 22.7 Å². The minimum atomic E-state index is -0.0652. The van der Waals surface area contributed by atoms with Crippen LogP contribution >= 0.6 is 45.9 Å². The van der Waals surface area contributed by atoms with Crippen LogP contribution in [0.4, 0.5) is 0 Å². The lowest BCUT2D eigenvalue weighted by Gasteiger charge is -2.34. The molecular formula is C20H16Cl2N4O2S2. The number of benzene rings is 1. The van der Waals surface area contributed by atoms with E-state index in [1.165, 1.54) is 22.7 Å². The zero-order valence-electron chi connectivity index (χ0n) is 15.7. The van der Waals surface area contributed by atoms with E-state index in [4.69, 9.17) is 23.2 Å². The van der Waals surface area contributed by atoms with Crippen LogP contribution in [0.25, 0.3) is 15.0 Å². The van der Waals surface area contributed by atoms with Crippen molar-refractivity contribution in [1.29, 1.82) is 0 Å². The third-order valence-corrected chi connectivity index (χ3v) is 7.82. The molecule has 0 spiro atoms. The zero-order valence-corrected chi connectivity index (χ0v) is 18.8. The van der Waals surface area contributed by atoms with Gasteiger partial charge in [0.05, 0.1) is 10.7 Å². The number of carbonyl (C=O) groups is 1. The van der Waals surface area contributed by atoms with Crippen molar-refractivity contribution in [2.75, 3.05) is 26.2 Å². The lowest BCUT2D eigenvalue weighted by molar-refractivity contribution is 0.0632. The van der Waals surface area contributed by atoms with Gasteiger partial charge >= 0.3 is 0 Å². The van der Waals surface area contributed by atoms with E-state index >= 15 is 0 Å². The molecule has 4 heterocycles. The summed E-state index contributed by atoms with van der Waals surface area (Å²) in [5, 5.41) is 3.83. The van der Waals surface area contributed by atoms with Gasteiger partial charge in [0, 0.05) is 65.5 Å². The Balaban J connectivity index is 1.28. The first-order valence-corrected chi connectivity index (χ1v) is 11.8. The van der Waals surface area contributed by atoms with Gasteiger partial charge in [-0.1, -0.05) is 29.3 Å². The van der Waals surface area contributed by atoms with E-state index in [1.807, 2.05) is 22.4 Å². The molecule has 5 rings (SSSR count). The number of thiazole rings is 1. The van der Waals surface area contributed by atoms with Crippen molar-refractivity contribution in [2.45, 2.75) is 6.54 Å². The van der Waals surface area contributed by atoms with Crippen LogP contribution in [-0.2, 0) is 6.54 Å². The van der Waals surface area contributed by atoms with E-state index in [1.54, 1.807) is 22.7 Å². The number of amides is 1. The number of aromatic nitrogens is 2. The Labute approximate surface area is 189 Å². The Bertz CT molecular complexity index is 1320. The molecule has 0 unspecified atom stereocenters. The van der Waals surface area contributed by atoms with Gasteiger partial charge in [0.1, 0.15) is 4.88 Å². The van der Waals surface area contributed by atoms with E-state index in [0.29, 0.717) is 52.6 Å². The Morgan fingerprint density at radius 3 is 2.73 bits per heavy atom. The number of hydrogen-bond acceptors (Lipinski definition) is 6. The molecule has 1 amide bonds. The summed E-state index contributed by atoms with van der Waals surface area (Å²) >= 11 is 15.4. The molecule has 0 bridgehead atoms. The third-order valence-electron chi connectivity index (χ3n) is 5.19. The summed E-state index contributed by atoms with van der Waals surface area (Å²) in [7, 11) is 0. The summed E-state index contributed by atoms with van der Waals surface area (Å²) in [6, 6.07) is 7.05. The van der Waals surface area contributed by atoms with Crippen molar-refractivity contribution < 1.29 is 4.79 Å². The number of thiophene rings is 1. The largest absolute Gasteiger partial charge is 0.335 e. The molecule has 1 aliphatic heterocycles. The molecule has 1 aromatic carbocycles. The highest BCUT2D eigenvalue weighted by Gasteiger charge is 2.26. The zero-order chi connectivity index (χ0) is 20.8. The number of nitrogens with zero attached hydrogens (tertiary/aromatic N) is 4. The molecule has 3 aromatic heterocycles. The predicted octanol–water partition coefficient (Wildman–Crippen LogP) is 4.24. The fourth-order valence-corrected chi connectivity index (χ4v) is 6.12. The Morgan fingerprint density at radius 1 is 1.13 bits per heavy atom. The topological polar surface area (TPSA) is 57.9 Å². The number of carbonyl (C=O) groups excluding carboxylic acids is 1. The molecule has 1 fully saturated rings. The number of fused-ring (bicyclic) bond motifs is 2. The van der Waals surface area contributed by atoms with Gasteiger partial charge in [-0.3, -0.25) is 18.9 Å². The maximum absolute atomic E-state index is 13.0. The van der Waals surface area contributed by atoms with Crippen molar-refractivity contribution in [2.24, 2.45) is 0 Å². The van der Waals surface area contributed by atoms with Gasteiger partial charge in [-0.25, -0.2) is 4.98 Å². The molecule has 0 saturated carbocycles. The predicted molar refractivity (Wildman–Crippen MR) is 122 cm³/mol. The molecule has 1 aliphatic rings. The van der Waals surface area contributed by atoms with E-state index < -0.39 is 0 Å². The summed E-state index contributed by atoms with van der Waals surface area (Å²) in [6.07, 6.45) is 1.73. The highest BCUT2D eigenvalue weighted by molar-refractivity contribution is 7.21. The highest BCUT2D eigenvalue weighted by atomic mass is 35.5. The van der Waals surface area contributed by atoms with Gasteiger partial charge in [0.15, 0.2) is 4.96 Å². The average molecular weight is 479 g/mol. The van der Waals surface area contributed by atoms with Gasteiger partial charge < -0.3 is 4.90 Å². The number of halogens is 2. The van der Waals surface area contributed by atoms with E-state index in [9.17, 15) is 9.59 Å². The summed E-state index contributed by atoms with van der Waals surface area (Å²) in [4.78, 5) is 35.1. The molecule has 1 saturated heterocycles. The highest BCUT2D eigenvalue weighted by Crippen LogP contribution is 2.37. The minimum absolute atomic E-state index is 0.0478. The second-order valence-electron chi connectivity index (χ2n) is 7.10. The third kappa shape index (κ3) is 3.63. The fraction of sp³-hybridized carbons (Fsp3) is 0.250. The van der Waals surface area contributed by atoms with Crippen molar-refractivity contribution in [3.8, 4) is 0 Å². The lowest BCUT2D eigenvalue weighted by Crippen LogP contribution is -2.48. The molecule has 154 valence electrons. The maximum atomic E-state index is 13.0. The molecule has 10 heteroatoms. The molecule has 6 nitrogen and oxygen atoms in total. The SMILES string of the molecule is O=C(c1sc2cc(Cl)ccc2c1Cl)N1CCN(Cc2cc(=O)n3ccsc3n2)CC1. The van der Waals surface area contributed by atoms with Crippen LogP contribution in [0.5, 0.6) is 0 Å². The van der Waals surface area contributed by atoms with Gasteiger partial charge in [0.2, 0.25) is 0 Å². The summed E-state index contributed by atoms with van der Waals surface area (Å²) in [5.41, 5.74) is 0.691. The van der Waals surface area contributed by atoms with Crippen LogP contribution < -0.4 is 5.56 Å².